The standard InChI is InChI=1S/C13H9BrN2O/c14-11-12(17-16-13(11)15)10-6-5-8-3-1-2-4-9(8)7-10/h1-7H,(H2,15,16). The van der Waals surface area contributed by atoms with E-state index in [1.807, 2.05) is 18.2 Å². The molecule has 3 rings (SSSR count). The molecule has 1 heterocycles. The molecule has 0 radical (unpaired) electrons. The lowest BCUT2D eigenvalue weighted by molar-refractivity contribution is 0.435. The molecule has 4 heteroatoms. The summed E-state index contributed by atoms with van der Waals surface area (Å²) in [5, 5.41) is 6.08. The maximum absolute atomic E-state index is 5.64. The highest BCUT2D eigenvalue weighted by Gasteiger charge is 2.13. The fourth-order valence-corrected chi connectivity index (χ4v) is 2.17. The highest BCUT2D eigenvalue weighted by atomic mass is 79.9. The van der Waals surface area contributed by atoms with Crippen LogP contribution in [0.5, 0.6) is 0 Å². The molecule has 0 amide bonds. The molecule has 0 saturated heterocycles. The van der Waals surface area contributed by atoms with Crippen molar-refractivity contribution in [3.8, 4) is 11.3 Å². The zero-order valence-corrected chi connectivity index (χ0v) is 10.4. The van der Waals surface area contributed by atoms with Crippen molar-refractivity contribution in [1.29, 1.82) is 0 Å². The van der Waals surface area contributed by atoms with E-state index in [2.05, 4.69) is 45.4 Å². The van der Waals surface area contributed by atoms with Crippen molar-refractivity contribution in [3.05, 3.63) is 46.9 Å². The van der Waals surface area contributed by atoms with Gasteiger partial charge in [0.25, 0.3) is 0 Å². The van der Waals surface area contributed by atoms with Crippen LogP contribution in [0.2, 0.25) is 0 Å². The zero-order valence-electron chi connectivity index (χ0n) is 8.85. The average Bonchev–Trinajstić information content (AvgIpc) is 2.70. The van der Waals surface area contributed by atoms with E-state index in [4.69, 9.17) is 10.3 Å². The van der Waals surface area contributed by atoms with Crippen LogP contribution in [0.1, 0.15) is 0 Å². The Morgan fingerprint density at radius 1 is 1.06 bits per heavy atom. The van der Waals surface area contributed by atoms with Crippen molar-refractivity contribution in [1.82, 2.24) is 5.16 Å². The number of anilines is 1. The maximum atomic E-state index is 5.64. The van der Waals surface area contributed by atoms with Crippen molar-refractivity contribution >= 4 is 32.5 Å². The van der Waals surface area contributed by atoms with Gasteiger partial charge in [0.05, 0.1) is 0 Å². The molecule has 0 bridgehead atoms. The summed E-state index contributed by atoms with van der Waals surface area (Å²) < 4.78 is 5.91. The predicted molar refractivity (Wildman–Crippen MR) is 71.6 cm³/mol. The number of rotatable bonds is 1. The second kappa shape index (κ2) is 3.89. The first-order valence-electron chi connectivity index (χ1n) is 5.15. The van der Waals surface area contributed by atoms with Gasteiger partial charge in [-0.25, -0.2) is 0 Å². The molecule has 0 fully saturated rings. The van der Waals surface area contributed by atoms with Crippen LogP contribution in [0.4, 0.5) is 5.82 Å². The van der Waals surface area contributed by atoms with Gasteiger partial charge >= 0.3 is 0 Å². The van der Waals surface area contributed by atoms with Crippen molar-refractivity contribution in [2.24, 2.45) is 0 Å². The molecule has 0 spiro atoms. The minimum atomic E-state index is 0.369. The SMILES string of the molecule is Nc1noc(-c2ccc3ccccc3c2)c1Br. The van der Waals surface area contributed by atoms with Gasteiger partial charge in [-0.15, -0.1) is 0 Å². The molecule has 0 atom stereocenters. The fraction of sp³-hybridized carbons (Fsp3) is 0. The van der Waals surface area contributed by atoms with Gasteiger partial charge in [-0.1, -0.05) is 41.6 Å². The lowest BCUT2D eigenvalue weighted by Crippen LogP contribution is -1.83. The Labute approximate surface area is 106 Å². The van der Waals surface area contributed by atoms with Gasteiger partial charge in [0.15, 0.2) is 11.6 Å². The van der Waals surface area contributed by atoms with E-state index in [0.717, 1.165) is 10.9 Å². The van der Waals surface area contributed by atoms with E-state index in [-0.39, 0.29) is 0 Å². The van der Waals surface area contributed by atoms with E-state index >= 15 is 0 Å². The summed E-state index contributed by atoms with van der Waals surface area (Å²) in [6, 6.07) is 14.3. The normalized spacial score (nSPS) is 10.9. The van der Waals surface area contributed by atoms with Gasteiger partial charge in [0.2, 0.25) is 0 Å². The summed E-state index contributed by atoms with van der Waals surface area (Å²) in [4.78, 5) is 0. The number of hydrogen-bond donors (Lipinski definition) is 1. The van der Waals surface area contributed by atoms with Crippen LogP contribution in [-0.4, -0.2) is 5.16 Å². The van der Waals surface area contributed by atoms with E-state index in [9.17, 15) is 0 Å². The number of aromatic nitrogens is 1. The van der Waals surface area contributed by atoms with Gasteiger partial charge in [-0.2, -0.15) is 0 Å². The molecule has 0 aliphatic carbocycles. The van der Waals surface area contributed by atoms with Gasteiger partial charge in [0, 0.05) is 5.56 Å². The van der Waals surface area contributed by atoms with Crippen molar-refractivity contribution in [2.45, 2.75) is 0 Å². The fourth-order valence-electron chi connectivity index (χ4n) is 1.80. The number of nitrogens with zero attached hydrogens (tertiary/aromatic N) is 1. The number of hydrogen-bond acceptors (Lipinski definition) is 3. The monoisotopic (exact) mass is 288 g/mol. The van der Waals surface area contributed by atoms with Crippen LogP contribution in [0.3, 0.4) is 0 Å². The minimum absolute atomic E-state index is 0.369. The Hall–Kier alpha value is -1.81. The molecular weight excluding hydrogens is 280 g/mol. The molecule has 2 aromatic carbocycles. The quantitative estimate of drug-likeness (QED) is 0.740. The molecule has 0 unspecified atom stereocenters. The van der Waals surface area contributed by atoms with Crippen LogP contribution in [0.25, 0.3) is 22.1 Å². The van der Waals surface area contributed by atoms with Crippen LogP contribution in [0, 0.1) is 0 Å². The molecule has 2 N–H and O–H groups in total. The molecule has 0 saturated carbocycles. The average molecular weight is 289 g/mol. The molecule has 0 aliphatic heterocycles. The van der Waals surface area contributed by atoms with Gasteiger partial charge in [-0.05, 0) is 32.8 Å². The number of fused-ring (bicyclic) bond motifs is 1. The summed E-state index contributed by atoms with van der Waals surface area (Å²) in [5.74, 6) is 1.03. The highest BCUT2D eigenvalue weighted by molar-refractivity contribution is 9.10. The molecule has 3 nitrogen and oxygen atoms in total. The predicted octanol–water partition coefficient (Wildman–Crippen LogP) is 3.84. The topological polar surface area (TPSA) is 52.0 Å². The Morgan fingerprint density at radius 3 is 2.53 bits per heavy atom. The highest BCUT2D eigenvalue weighted by Crippen LogP contribution is 2.33. The Balaban J connectivity index is 2.21. The third-order valence-electron chi connectivity index (χ3n) is 2.67. The van der Waals surface area contributed by atoms with Crippen molar-refractivity contribution < 1.29 is 4.52 Å². The summed E-state index contributed by atoms with van der Waals surface area (Å²) in [7, 11) is 0. The molecular formula is C13H9BrN2O. The second-order valence-corrected chi connectivity index (χ2v) is 4.57. The van der Waals surface area contributed by atoms with E-state index in [0.29, 0.717) is 16.1 Å². The van der Waals surface area contributed by atoms with Crippen LogP contribution >= 0.6 is 15.9 Å². The number of nitrogen functional groups attached to an aromatic ring is 1. The first-order chi connectivity index (χ1) is 8.25. The third-order valence-corrected chi connectivity index (χ3v) is 3.44. The summed E-state index contributed by atoms with van der Waals surface area (Å²) in [6.45, 7) is 0. The summed E-state index contributed by atoms with van der Waals surface area (Å²) in [6.07, 6.45) is 0. The molecule has 17 heavy (non-hydrogen) atoms. The Kier molecular flexibility index (Phi) is 2.37. The summed E-state index contributed by atoms with van der Waals surface area (Å²) in [5.41, 5.74) is 6.60. The van der Waals surface area contributed by atoms with Crippen molar-refractivity contribution in [3.63, 3.8) is 0 Å². The lowest BCUT2D eigenvalue weighted by Gasteiger charge is -2.00. The maximum Gasteiger partial charge on any atom is 0.183 e. The van der Waals surface area contributed by atoms with Gasteiger partial charge in [-0.3, -0.25) is 0 Å². The van der Waals surface area contributed by atoms with Crippen LogP contribution < -0.4 is 5.73 Å². The van der Waals surface area contributed by atoms with Gasteiger partial charge in [0.1, 0.15) is 4.47 Å². The van der Waals surface area contributed by atoms with Crippen LogP contribution in [-0.2, 0) is 0 Å². The first-order valence-corrected chi connectivity index (χ1v) is 5.95. The number of halogens is 1. The van der Waals surface area contributed by atoms with E-state index in [1.54, 1.807) is 0 Å². The largest absolute Gasteiger partial charge is 0.380 e. The third kappa shape index (κ3) is 1.70. The minimum Gasteiger partial charge on any atom is -0.380 e. The van der Waals surface area contributed by atoms with Gasteiger partial charge < -0.3 is 10.3 Å². The molecule has 0 aliphatic rings. The molecule has 84 valence electrons. The summed E-state index contributed by atoms with van der Waals surface area (Å²) >= 11 is 3.37. The number of nitrogens with two attached hydrogens (primary N) is 1. The smallest absolute Gasteiger partial charge is 0.183 e. The lowest BCUT2D eigenvalue weighted by atomic mass is 10.1. The second-order valence-electron chi connectivity index (χ2n) is 3.77. The number of benzene rings is 2. The molecule has 3 aromatic rings. The van der Waals surface area contributed by atoms with Crippen molar-refractivity contribution in [2.75, 3.05) is 5.73 Å². The first kappa shape index (κ1) is 10.4. The Bertz CT molecular complexity index is 691. The zero-order chi connectivity index (χ0) is 11.8. The Morgan fingerprint density at radius 2 is 1.82 bits per heavy atom. The molecule has 1 aromatic heterocycles. The van der Waals surface area contributed by atoms with E-state index in [1.165, 1.54) is 5.39 Å². The van der Waals surface area contributed by atoms with E-state index < -0.39 is 0 Å². The van der Waals surface area contributed by atoms with Crippen LogP contribution in [0.15, 0.2) is 51.5 Å².